The van der Waals surface area contributed by atoms with Crippen LogP contribution in [0.3, 0.4) is 0 Å². The summed E-state index contributed by atoms with van der Waals surface area (Å²) in [6.07, 6.45) is 2.94. The highest BCUT2D eigenvalue weighted by molar-refractivity contribution is 5.76. The highest BCUT2D eigenvalue weighted by Crippen LogP contribution is 2.23. The standard InChI is InChI=1S/C20H33FN8O2/c1-14(2)19-24-20(31-25-19)28-8-6-15(7-9-28)27(3)10-11-30-16-4-5-18(17(21)12-16)29(13-22)26-23/h4-5,12-15,19,22,25-26H,6-11,23H2,1-3H3. The smallest absolute Gasteiger partial charge is 0.309 e. The zero-order chi connectivity index (χ0) is 22.4. The molecule has 0 radical (unpaired) electrons. The number of likely N-dealkylation sites (N-methyl/N-ethyl adjacent to an activating group) is 1. The summed E-state index contributed by atoms with van der Waals surface area (Å²) in [5.74, 6) is 5.57. The quantitative estimate of drug-likeness (QED) is 0.198. The molecule has 11 heteroatoms. The van der Waals surface area contributed by atoms with Crippen molar-refractivity contribution < 1.29 is 14.0 Å². The van der Waals surface area contributed by atoms with Gasteiger partial charge >= 0.3 is 6.02 Å². The molecule has 2 aliphatic heterocycles. The van der Waals surface area contributed by atoms with E-state index in [-0.39, 0.29) is 11.9 Å². The highest BCUT2D eigenvalue weighted by atomic mass is 19.1. The van der Waals surface area contributed by atoms with Crippen molar-refractivity contribution in [2.45, 2.75) is 38.9 Å². The van der Waals surface area contributed by atoms with Crippen LogP contribution in [0.5, 0.6) is 5.75 Å². The Morgan fingerprint density at radius 2 is 2.19 bits per heavy atom. The molecule has 0 spiro atoms. The Bertz CT molecular complexity index is 770. The number of hydrogen-bond donors (Lipinski definition) is 4. The van der Waals surface area contributed by atoms with Crippen molar-refractivity contribution in [1.29, 1.82) is 5.41 Å². The van der Waals surface area contributed by atoms with Gasteiger partial charge in [0.25, 0.3) is 0 Å². The van der Waals surface area contributed by atoms with Gasteiger partial charge < -0.3 is 14.5 Å². The first kappa shape index (κ1) is 23.2. The van der Waals surface area contributed by atoms with Gasteiger partial charge in [0.15, 0.2) is 5.82 Å². The third-order valence-electron chi connectivity index (χ3n) is 5.67. The lowest BCUT2D eigenvalue weighted by Crippen LogP contribution is -2.46. The molecule has 0 aliphatic carbocycles. The lowest BCUT2D eigenvalue weighted by molar-refractivity contribution is 0.105. The number of aliphatic imine (C=N–C) groups is 1. The van der Waals surface area contributed by atoms with Crippen molar-refractivity contribution in [3.8, 4) is 5.75 Å². The zero-order valence-electron chi connectivity index (χ0n) is 18.3. The zero-order valence-corrected chi connectivity index (χ0v) is 18.3. The molecule has 10 nitrogen and oxygen atoms in total. The third-order valence-corrected chi connectivity index (χ3v) is 5.67. The van der Waals surface area contributed by atoms with Crippen LogP contribution >= 0.6 is 0 Å². The fourth-order valence-electron chi connectivity index (χ4n) is 3.65. The first-order valence-corrected chi connectivity index (χ1v) is 10.6. The average Bonchev–Trinajstić information content (AvgIpc) is 3.27. The van der Waals surface area contributed by atoms with E-state index in [0.717, 1.165) is 43.8 Å². The van der Waals surface area contributed by atoms with E-state index in [0.29, 0.717) is 30.3 Å². The predicted molar refractivity (Wildman–Crippen MR) is 118 cm³/mol. The molecule has 2 aliphatic rings. The summed E-state index contributed by atoms with van der Waals surface area (Å²) in [5, 5.41) is 8.30. The molecule has 1 fully saturated rings. The number of piperidine rings is 1. The number of nitrogens with one attached hydrogen (secondary N) is 3. The Labute approximate surface area is 182 Å². The van der Waals surface area contributed by atoms with Crippen LogP contribution in [-0.2, 0) is 4.84 Å². The fraction of sp³-hybridized carbons (Fsp3) is 0.600. The van der Waals surface area contributed by atoms with Gasteiger partial charge in [-0.3, -0.25) is 21.2 Å². The Morgan fingerprint density at radius 1 is 1.45 bits per heavy atom. The molecule has 1 atom stereocenters. The van der Waals surface area contributed by atoms with Gasteiger partial charge in [-0.05, 0) is 37.9 Å². The van der Waals surface area contributed by atoms with Crippen molar-refractivity contribution in [1.82, 2.24) is 20.8 Å². The van der Waals surface area contributed by atoms with Crippen LogP contribution in [0.2, 0.25) is 0 Å². The predicted octanol–water partition coefficient (Wildman–Crippen LogP) is 1.27. The fourth-order valence-corrected chi connectivity index (χ4v) is 3.65. The number of rotatable bonds is 9. The van der Waals surface area contributed by atoms with Crippen LogP contribution in [0.1, 0.15) is 26.7 Å². The number of hydroxylamine groups is 1. The maximum absolute atomic E-state index is 14.2. The summed E-state index contributed by atoms with van der Waals surface area (Å²) in [4.78, 5) is 14.6. The molecule has 0 amide bonds. The van der Waals surface area contributed by atoms with E-state index in [1.54, 1.807) is 6.07 Å². The topological polar surface area (TPSA) is 114 Å². The van der Waals surface area contributed by atoms with E-state index < -0.39 is 5.82 Å². The van der Waals surface area contributed by atoms with E-state index in [9.17, 15) is 4.39 Å². The summed E-state index contributed by atoms with van der Waals surface area (Å²) in [6, 6.07) is 5.61. The summed E-state index contributed by atoms with van der Waals surface area (Å²) in [7, 11) is 2.09. The molecule has 2 heterocycles. The van der Waals surface area contributed by atoms with E-state index >= 15 is 0 Å². The van der Waals surface area contributed by atoms with E-state index in [1.165, 1.54) is 12.1 Å². The van der Waals surface area contributed by atoms with Crippen molar-refractivity contribution in [3.63, 3.8) is 0 Å². The number of amidine groups is 1. The van der Waals surface area contributed by atoms with Gasteiger partial charge in [0.1, 0.15) is 24.9 Å². The third kappa shape index (κ3) is 5.82. The van der Waals surface area contributed by atoms with Crippen molar-refractivity contribution in [3.05, 3.63) is 24.0 Å². The molecule has 1 aromatic carbocycles. The number of anilines is 1. The minimum absolute atomic E-state index is 0.0196. The highest BCUT2D eigenvalue weighted by Gasteiger charge is 2.29. The SMILES string of the molecule is CC(C)C1N=C(N2CCC(N(C)CCOc3ccc(N(C=N)NN)c(F)c3)CC2)ON1. The van der Waals surface area contributed by atoms with Gasteiger partial charge in [-0.1, -0.05) is 13.8 Å². The van der Waals surface area contributed by atoms with Gasteiger partial charge in [-0.2, -0.15) is 5.53 Å². The van der Waals surface area contributed by atoms with Crippen molar-refractivity contribution in [2.75, 3.05) is 38.3 Å². The summed E-state index contributed by atoms with van der Waals surface area (Å²) in [6.45, 7) is 7.21. The van der Waals surface area contributed by atoms with E-state index in [2.05, 4.69) is 46.7 Å². The Hall–Kier alpha value is -2.47. The maximum Gasteiger partial charge on any atom is 0.309 e. The summed E-state index contributed by atoms with van der Waals surface area (Å²) < 4.78 is 19.9. The number of likely N-dealkylation sites (tertiary alicyclic amines) is 1. The molecule has 1 unspecified atom stereocenters. The molecule has 0 bridgehead atoms. The monoisotopic (exact) mass is 436 g/mol. The van der Waals surface area contributed by atoms with Gasteiger partial charge in [-0.15, -0.1) is 5.48 Å². The molecular weight excluding hydrogens is 403 g/mol. The van der Waals surface area contributed by atoms with Gasteiger partial charge in [-0.25, -0.2) is 9.38 Å². The molecule has 1 saturated heterocycles. The molecule has 1 aromatic rings. The number of hydrogen-bond acceptors (Lipinski definition) is 9. The second-order valence-electron chi connectivity index (χ2n) is 8.11. The van der Waals surface area contributed by atoms with Crippen LogP contribution in [0.4, 0.5) is 10.1 Å². The minimum atomic E-state index is -0.522. The number of benzene rings is 1. The molecule has 0 aromatic heterocycles. The lowest BCUT2D eigenvalue weighted by Gasteiger charge is -2.36. The second-order valence-corrected chi connectivity index (χ2v) is 8.11. The molecular formula is C20H33FN8O2. The Morgan fingerprint density at radius 3 is 2.77 bits per heavy atom. The molecule has 31 heavy (non-hydrogen) atoms. The summed E-state index contributed by atoms with van der Waals surface area (Å²) >= 11 is 0. The van der Waals surface area contributed by atoms with Crippen LogP contribution in [0.25, 0.3) is 0 Å². The van der Waals surface area contributed by atoms with Gasteiger partial charge in [0.2, 0.25) is 0 Å². The van der Waals surface area contributed by atoms with E-state index in [1.807, 2.05) is 0 Å². The summed E-state index contributed by atoms with van der Waals surface area (Å²) in [5.41, 5.74) is 5.36. The molecule has 5 N–H and O–H groups in total. The molecule has 0 saturated carbocycles. The first-order valence-electron chi connectivity index (χ1n) is 10.6. The van der Waals surface area contributed by atoms with Crippen LogP contribution in [0.15, 0.2) is 23.2 Å². The number of ether oxygens (including phenoxy) is 1. The van der Waals surface area contributed by atoms with Gasteiger partial charge in [0, 0.05) is 31.7 Å². The molecule has 3 rings (SSSR count). The Kier molecular flexibility index (Phi) is 8.02. The van der Waals surface area contributed by atoms with Crippen molar-refractivity contribution in [2.24, 2.45) is 16.8 Å². The second kappa shape index (κ2) is 10.7. The van der Waals surface area contributed by atoms with Crippen molar-refractivity contribution >= 4 is 18.0 Å². The first-order chi connectivity index (χ1) is 14.9. The number of nitrogens with zero attached hydrogens (tertiary/aromatic N) is 4. The van der Waals surface area contributed by atoms with E-state index in [4.69, 9.17) is 20.8 Å². The van der Waals surface area contributed by atoms with Crippen LogP contribution in [-0.4, -0.2) is 67.7 Å². The lowest BCUT2D eigenvalue weighted by atomic mass is 10.0. The normalized spacial score (nSPS) is 19.5. The molecule has 172 valence electrons. The van der Waals surface area contributed by atoms with Crippen LogP contribution < -0.4 is 26.6 Å². The maximum atomic E-state index is 14.2. The number of halogens is 1. The minimum Gasteiger partial charge on any atom is -0.492 e. The van der Waals surface area contributed by atoms with Crippen LogP contribution in [0, 0.1) is 17.1 Å². The largest absolute Gasteiger partial charge is 0.492 e. The number of hydrazine groups is 2. The van der Waals surface area contributed by atoms with Gasteiger partial charge in [0.05, 0.1) is 5.69 Å². The Balaban J connectivity index is 1.42. The number of nitrogens with two attached hydrogens (primary N) is 1. The average molecular weight is 437 g/mol.